The fraction of sp³-hybridized carbons (Fsp3) is 0.118. The third-order valence-corrected chi connectivity index (χ3v) is 3.32. The third-order valence-electron chi connectivity index (χ3n) is 3.32. The van der Waals surface area contributed by atoms with Crippen LogP contribution in [0.15, 0.2) is 73.2 Å². The summed E-state index contributed by atoms with van der Waals surface area (Å²) in [7, 11) is 0. The number of benzene rings is 2. The van der Waals surface area contributed by atoms with E-state index in [0.717, 1.165) is 12.2 Å². The molecule has 0 atom stereocenters. The van der Waals surface area contributed by atoms with Crippen LogP contribution in [0.1, 0.15) is 22.9 Å². The van der Waals surface area contributed by atoms with E-state index < -0.39 is 0 Å². The maximum absolute atomic E-state index is 4.05. The Morgan fingerprint density at radius 2 is 1.50 bits per heavy atom. The van der Waals surface area contributed by atoms with Crippen LogP contribution >= 0.6 is 0 Å². The molecule has 20 heavy (non-hydrogen) atoms. The predicted octanol–water partition coefficient (Wildman–Crippen LogP) is 3.29. The first-order chi connectivity index (χ1) is 9.93. The lowest BCUT2D eigenvalue weighted by Gasteiger charge is -2.19. The summed E-state index contributed by atoms with van der Waals surface area (Å²) in [5, 5.41) is 3.58. The second-order valence-electron chi connectivity index (χ2n) is 4.71. The molecule has 2 aromatic carbocycles. The van der Waals surface area contributed by atoms with Gasteiger partial charge in [-0.25, -0.2) is 4.98 Å². The summed E-state index contributed by atoms with van der Waals surface area (Å²) in [6.45, 7) is 0.758. The Hall–Kier alpha value is -2.39. The lowest BCUT2D eigenvalue weighted by molar-refractivity contribution is 0.598. The van der Waals surface area contributed by atoms with Gasteiger partial charge in [0.15, 0.2) is 0 Å². The quantitative estimate of drug-likeness (QED) is 0.741. The maximum Gasteiger partial charge on any atom is 0.0922 e. The van der Waals surface area contributed by atoms with E-state index in [1.54, 1.807) is 6.33 Å². The van der Waals surface area contributed by atoms with Crippen molar-refractivity contribution in [3.05, 3.63) is 90.0 Å². The zero-order valence-electron chi connectivity index (χ0n) is 11.2. The molecule has 1 aromatic heterocycles. The van der Waals surface area contributed by atoms with Crippen molar-refractivity contribution in [2.24, 2.45) is 0 Å². The van der Waals surface area contributed by atoms with Crippen molar-refractivity contribution in [1.82, 2.24) is 15.3 Å². The minimum absolute atomic E-state index is 0.181. The van der Waals surface area contributed by atoms with Crippen molar-refractivity contribution in [2.45, 2.75) is 12.6 Å². The molecule has 1 heterocycles. The van der Waals surface area contributed by atoms with Crippen molar-refractivity contribution in [2.75, 3.05) is 0 Å². The number of imidazole rings is 1. The van der Waals surface area contributed by atoms with Crippen molar-refractivity contribution in [3.63, 3.8) is 0 Å². The first-order valence-electron chi connectivity index (χ1n) is 6.74. The first kappa shape index (κ1) is 12.6. The maximum atomic E-state index is 4.05. The Balaban J connectivity index is 1.84. The van der Waals surface area contributed by atoms with Gasteiger partial charge in [0, 0.05) is 18.4 Å². The van der Waals surface area contributed by atoms with Gasteiger partial charge < -0.3 is 10.3 Å². The Morgan fingerprint density at radius 3 is 2.00 bits per heavy atom. The van der Waals surface area contributed by atoms with Crippen LogP contribution in [0, 0.1) is 0 Å². The fourth-order valence-electron chi connectivity index (χ4n) is 2.31. The van der Waals surface area contributed by atoms with Gasteiger partial charge in [0.25, 0.3) is 0 Å². The highest BCUT2D eigenvalue weighted by Gasteiger charge is 2.12. The molecule has 100 valence electrons. The van der Waals surface area contributed by atoms with E-state index in [1.165, 1.54) is 11.1 Å². The zero-order valence-corrected chi connectivity index (χ0v) is 11.2. The summed E-state index contributed by atoms with van der Waals surface area (Å²) in [4.78, 5) is 7.17. The molecular weight excluding hydrogens is 246 g/mol. The molecular formula is C17H17N3. The normalized spacial score (nSPS) is 10.8. The van der Waals surface area contributed by atoms with Crippen LogP contribution in [0.2, 0.25) is 0 Å². The molecule has 0 aliphatic rings. The third kappa shape index (κ3) is 2.95. The molecule has 0 bridgehead atoms. The Morgan fingerprint density at radius 1 is 0.900 bits per heavy atom. The summed E-state index contributed by atoms with van der Waals surface area (Å²) < 4.78 is 0. The van der Waals surface area contributed by atoms with Crippen LogP contribution in [0.3, 0.4) is 0 Å². The highest BCUT2D eigenvalue weighted by Crippen LogP contribution is 2.21. The zero-order chi connectivity index (χ0) is 13.6. The molecule has 0 unspecified atom stereocenters. The minimum Gasteiger partial charge on any atom is -0.347 e. The van der Waals surface area contributed by atoms with Crippen molar-refractivity contribution >= 4 is 0 Å². The van der Waals surface area contributed by atoms with E-state index >= 15 is 0 Å². The summed E-state index contributed by atoms with van der Waals surface area (Å²) in [6, 6.07) is 21.2. The van der Waals surface area contributed by atoms with E-state index in [2.05, 4.69) is 63.8 Å². The second kappa shape index (κ2) is 6.17. The minimum atomic E-state index is 0.181. The van der Waals surface area contributed by atoms with Crippen LogP contribution in [-0.4, -0.2) is 9.97 Å². The van der Waals surface area contributed by atoms with Gasteiger partial charge in [0.1, 0.15) is 0 Å². The first-order valence-corrected chi connectivity index (χ1v) is 6.74. The summed E-state index contributed by atoms with van der Waals surface area (Å²) >= 11 is 0. The Bertz CT molecular complexity index is 578. The largest absolute Gasteiger partial charge is 0.347 e. The van der Waals surface area contributed by atoms with E-state index in [0.29, 0.717) is 0 Å². The molecule has 3 heteroatoms. The number of rotatable bonds is 5. The van der Waals surface area contributed by atoms with E-state index in [-0.39, 0.29) is 6.04 Å². The highest BCUT2D eigenvalue weighted by atomic mass is 15.0. The van der Waals surface area contributed by atoms with Crippen LogP contribution in [0.25, 0.3) is 0 Å². The number of nitrogens with one attached hydrogen (secondary N) is 2. The molecule has 0 fully saturated rings. The molecule has 3 aromatic rings. The van der Waals surface area contributed by atoms with Gasteiger partial charge in [-0.1, -0.05) is 60.7 Å². The highest BCUT2D eigenvalue weighted by molar-refractivity contribution is 5.31. The monoisotopic (exact) mass is 263 g/mol. The van der Waals surface area contributed by atoms with Crippen molar-refractivity contribution < 1.29 is 0 Å². The molecule has 3 rings (SSSR count). The number of nitrogens with zero attached hydrogens (tertiary/aromatic N) is 1. The van der Waals surface area contributed by atoms with Gasteiger partial charge in [-0.05, 0) is 11.1 Å². The van der Waals surface area contributed by atoms with E-state index in [4.69, 9.17) is 0 Å². The van der Waals surface area contributed by atoms with Crippen molar-refractivity contribution in [1.29, 1.82) is 0 Å². The Kier molecular flexibility index (Phi) is 3.90. The lowest BCUT2D eigenvalue weighted by atomic mass is 9.99. The molecule has 2 N–H and O–H groups in total. The molecule has 0 radical (unpaired) electrons. The van der Waals surface area contributed by atoms with E-state index in [1.807, 2.05) is 18.3 Å². The molecule has 3 nitrogen and oxygen atoms in total. The van der Waals surface area contributed by atoms with Gasteiger partial charge in [0.2, 0.25) is 0 Å². The Labute approximate surface area is 118 Å². The summed E-state index contributed by atoms with van der Waals surface area (Å²) in [6.07, 6.45) is 3.55. The second-order valence-corrected chi connectivity index (χ2v) is 4.71. The van der Waals surface area contributed by atoms with E-state index in [9.17, 15) is 0 Å². The van der Waals surface area contributed by atoms with Crippen LogP contribution in [0.4, 0.5) is 0 Å². The topological polar surface area (TPSA) is 40.7 Å². The molecule has 0 saturated heterocycles. The fourth-order valence-corrected chi connectivity index (χ4v) is 2.31. The van der Waals surface area contributed by atoms with Gasteiger partial charge in [-0.2, -0.15) is 0 Å². The SMILES string of the molecule is c1ccc(C(NCc2cnc[nH]2)c2ccccc2)cc1. The molecule has 0 aliphatic heterocycles. The van der Waals surface area contributed by atoms with Gasteiger partial charge in [-0.15, -0.1) is 0 Å². The van der Waals surface area contributed by atoms with Crippen LogP contribution in [0.5, 0.6) is 0 Å². The lowest BCUT2D eigenvalue weighted by Crippen LogP contribution is -2.22. The summed E-state index contributed by atoms with van der Waals surface area (Å²) in [5.74, 6) is 0. The molecule has 0 saturated carbocycles. The summed E-state index contributed by atoms with van der Waals surface area (Å²) in [5.41, 5.74) is 3.61. The number of H-pyrrole nitrogens is 1. The molecule has 0 amide bonds. The van der Waals surface area contributed by atoms with Crippen LogP contribution in [-0.2, 0) is 6.54 Å². The van der Waals surface area contributed by atoms with Gasteiger partial charge in [-0.3, -0.25) is 0 Å². The number of aromatic nitrogens is 2. The number of hydrogen-bond donors (Lipinski definition) is 2. The number of hydrogen-bond acceptors (Lipinski definition) is 2. The number of aromatic amines is 1. The standard InChI is InChI=1S/C17H17N3/c1-3-7-14(8-4-1)17(15-9-5-2-6-10-15)19-12-16-11-18-13-20-16/h1-11,13,17,19H,12H2,(H,18,20). The molecule has 0 aliphatic carbocycles. The smallest absolute Gasteiger partial charge is 0.0922 e. The molecule has 0 spiro atoms. The van der Waals surface area contributed by atoms with Gasteiger partial charge in [0.05, 0.1) is 12.4 Å². The van der Waals surface area contributed by atoms with Crippen LogP contribution < -0.4 is 5.32 Å². The average Bonchev–Trinajstić information content (AvgIpc) is 3.03. The van der Waals surface area contributed by atoms with Crippen molar-refractivity contribution in [3.8, 4) is 0 Å². The average molecular weight is 263 g/mol. The predicted molar refractivity (Wildman–Crippen MR) is 80.2 cm³/mol. The van der Waals surface area contributed by atoms with Gasteiger partial charge >= 0.3 is 0 Å².